The van der Waals surface area contributed by atoms with Gasteiger partial charge in [-0.25, -0.2) is 14.8 Å². The number of thiol groups is 2. The van der Waals surface area contributed by atoms with Crippen LogP contribution in [0.5, 0.6) is 0 Å². The summed E-state index contributed by atoms with van der Waals surface area (Å²) in [6, 6.07) is 12.4. The van der Waals surface area contributed by atoms with E-state index in [4.69, 9.17) is 10.5 Å². The van der Waals surface area contributed by atoms with Gasteiger partial charge in [-0.15, -0.1) is 12.4 Å². The van der Waals surface area contributed by atoms with E-state index in [9.17, 15) is 9.59 Å². The monoisotopic (exact) mass is 675 g/mol. The van der Waals surface area contributed by atoms with Crippen LogP contribution in [0.15, 0.2) is 53.9 Å². The van der Waals surface area contributed by atoms with Crippen molar-refractivity contribution in [3.05, 3.63) is 65.3 Å². The molecule has 1 aromatic heterocycles. The first-order valence-electron chi connectivity index (χ1n) is 14.7. The predicted molar refractivity (Wildman–Crippen MR) is 194 cm³/mol. The highest BCUT2D eigenvalue weighted by molar-refractivity contribution is 7.99. The average Bonchev–Trinajstić information content (AvgIpc) is 2.99. The summed E-state index contributed by atoms with van der Waals surface area (Å²) >= 11 is 8.97. The van der Waals surface area contributed by atoms with Crippen molar-refractivity contribution < 1.29 is 14.3 Å². The van der Waals surface area contributed by atoms with E-state index in [0.29, 0.717) is 43.1 Å². The molecule has 13 heteroatoms. The van der Waals surface area contributed by atoms with Crippen molar-refractivity contribution in [3.63, 3.8) is 0 Å². The first-order valence-corrected chi connectivity index (χ1v) is 15.8. The van der Waals surface area contributed by atoms with Gasteiger partial charge in [0.15, 0.2) is 0 Å². The maximum atomic E-state index is 12.5. The van der Waals surface area contributed by atoms with Gasteiger partial charge in [-0.3, -0.25) is 4.79 Å². The molecule has 0 aliphatic heterocycles. The molecule has 1 heterocycles. The molecule has 3 rings (SSSR count). The lowest BCUT2D eigenvalue weighted by Gasteiger charge is -2.28. The molecular formula is C32H46ClN7O3S2. The maximum absolute atomic E-state index is 12.5. The molecule has 246 valence electrons. The zero-order valence-electron chi connectivity index (χ0n) is 26.6. The molecule has 0 saturated carbocycles. The summed E-state index contributed by atoms with van der Waals surface area (Å²) in [7, 11) is 4.06. The van der Waals surface area contributed by atoms with Crippen LogP contribution in [0.25, 0.3) is 10.8 Å². The average molecular weight is 676 g/mol. The van der Waals surface area contributed by atoms with Crippen LogP contribution in [0, 0.1) is 12.8 Å². The molecule has 0 saturated heterocycles. The Morgan fingerprint density at radius 1 is 1.13 bits per heavy atom. The third kappa shape index (κ3) is 10.9. The summed E-state index contributed by atoms with van der Waals surface area (Å²) in [6.45, 7) is 7.05. The molecule has 4 N–H and O–H groups in total. The molecule has 10 nitrogen and oxygen atoms in total. The van der Waals surface area contributed by atoms with Gasteiger partial charge in [0, 0.05) is 77.8 Å². The van der Waals surface area contributed by atoms with Crippen LogP contribution in [-0.4, -0.2) is 65.7 Å². The molecular weight excluding hydrogens is 630 g/mol. The first-order chi connectivity index (χ1) is 21.0. The highest BCUT2D eigenvalue weighted by atomic mass is 35.5. The summed E-state index contributed by atoms with van der Waals surface area (Å²) in [5.74, 6) is 0.994. The Morgan fingerprint density at radius 3 is 2.49 bits per heavy atom. The molecule has 0 radical (unpaired) electrons. The van der Waals surface area contributed by atoms with E-state index >= 15 is 0 Å². The Kier molecular flexibility index (Phi) is 15.6. The van der Waals surface area contributed by atoms with E-state index in [1.165, 1.54) is 0 Å². The van der Waals surface area contributed by atoms with Gasteiger partial charge in [-0.2, -0.15) is 25.3 Å². The number of anilines is 3. The topological polar surface area (TPSA) is 126 Å². The summed E-state index contributed by atoms with van der Waals surface area (Å²) < 4.78 is 5.41. The number of allylic oxidation sites excluding steroid dienone is 1. The van der Waals surface area contributed by atoms with Crippen molar-refractivity contribution in [1.82, 2.24) is 20.2 Å². The van der Waals surface area contributed by atoms with Gasteiger partial charge in [-0.05, 0) is 50.3 Å². The fourth-order valence-corrected chi connectivity index (χ4v) is 5.74. The summed E-state index contributed by atoms with van der Waals surface area (Å²) in [4.78, 5) is 36.9. The van der Waals surface area contributed by atoms with Crippen LogP contribution in [0.3, 0.4) is 0 Å². The highest BCUT2D eigenvalue weighted by Gasteiger charge is 2.21. The van der Waals surface area contributed by atoms with Gasteiger partial charge in [0.25, 0.3) is 0 Å². The van der Waals surface area contributed by atoms with Gasteiger partial charge in [0.2, 0.25) is 6.41 Å². The zero-order chi connectivity index (χ0) is 32.2. The number of nitrogens with zero attached hydrogens (tertiary/aromatic N) is 4. The third-order valence-corrected chi connectivity index (χ3v) is 7.98. The molecule has 2 amide bonds. The lowest BCUT2D eigenvalue weighted by Crippen LogP contribution is -2.30. The van der Waals surface area contributed by atoms with E-state index in [-0.39, 0.29) is 36.1 Å². The van der Waals surface area contributed by atoms with E-state index in [1.807, 2.05) is 39.2 Å². The molecule has 0 fully saturated rings. The zero-order valence-corrected chi connectivity index (χ0v) is 29.2. The summed E-state index contributed by atoms with van der Waals surface area (Å²) in [5.41, 5.74) is 10.7. The number of nitrogens with one attached hydrogen (secondary N) is 2. The second kappa shape index (κ2) is 18.6. The normalized spacial score (nSPS) is 12.2. The smallest absolute Gasteiger partial charge is 0.407 e. The Bertz CT molecular complexity index is 1460. The van der Waals surface area contributed by atoms with Crippen molar-refractivity contribution in [1.29, 1.82) is 0 Å². The van der Waals surface area contributed by atoms with Crippen molar-refractivity contribution >= 4 is 78.1 Å². The number of nitrogens with two attached hydrogens (primary N) is 1. The molecule has 45 heavy (non-hydrogen) atoms. The molecule has 0 aliphatic rings. The first kappa shape index (κ1) is 37.8. The van der Waals surface area contributed by atoms with Crippen LogP contribution in [0.4, 0.5) is 22.0 Å². The highest BCUT2D eigenvalue weighted by Crippen LogP contribution is 2.32. The maximum Gasteiger partial charge on any atom is 0.407 e. The van der Waals surface area contributed by atoms with Crippen molar-refractivity contribution in [3.8, 4) is 0 Å². The quantitative estimate of drug-likeness (QED) is 0.0536. The number of carbonyl (C=O) groups is 2. The predicted octanol–water partition coefficient (Wildman–Crippen LogP) is 6.07. The van der Waals surface area contributed by atoms with Gasteiger partial charge >= 0.3 is 6.09 Å². The van der Waals surface area contributed by atoms with Gasteiger partial charge in [0.1, 0.15) is 11.6 Å². The van der Waals surface area contributed by atoms with Crippen LogP contribution < -0.4 is 21.3 Å². The number of benzene rings is 2. The molecule has 0 spiro atoms. The number of nitrogen functional groups attached to an aromatic ring is 1. The Morgan fingerprint density at radius 2 is 1.84 bits per heavy atom. The Balaban J connectivity index is 0.00000705. The number of fused-ring (bicyclic) bond motifs is 1. The van der Waals surface area contributed by atoms with Crippen LogP contribution in [-0.2, 0) is 16.1 Å². The summed E-state index contributed by atoms with van der Waals surface area (Å²) in [6.07, 6.45) is 3.88. The molecule has 2 aromatic carbocycles. The lowest BCUT2D eigenvalue weighted by molar-refractivity contribution is -0.117. The fraction of sp³-hybridized carbons (Fsp3) is 0.438. The van der Waals surface area contributed by atoms with E-state index in [0.717, 1.165) is 46.2 Å². The number of carbonyl (C=O) groups excluding carboxylic acids is 2. The van der Waals surface area contributed by atoms with Gasteiger partial charge in [-0.1, -0.05) is 31.2 Å². The number of hydrogen-bond acceptors (Lipinski definition) is 10. The lowest BCUT2D eigenvalue weighted by atomic mass is 9.89. The minimum absolute atomic E-state index is 0. The van der Waals surface area contributed by atoms with Crippen LogP contribution in [0.1, 0.15) is 44.5 Å². The minimum atomic E-state index is -0.497. The molecule has 1 atom stereocenters. The molecule has 0 aliphatic carbocycles. The standard InChI is InChI=1S/C32H45N7O3S2.ClH/c1-6-23(17-30(43)44)25(21(2)39(20-40)19-24-18-36-22(3)37-31(24)33)13-16-42-32(41)35-15-14-34-28-11-7-10-27-26(28)9-8-12-29(27)38(4)5;/h7-12,18,20,23,30,34,43-44H,6,13-17,19H2,1-5H3,(H,35,41)(H2,33,36,37);1H. The minimum Gasteiger partial charge on any atom is -0.449 e. The number of aryl methyl sites for hydroxylation is 1. The molecule has 3 aromatic rings. The Hall–Kier alpha value is -3.35. The fourth-order valence-electron chi connectivity index (χ4n) is 5.23. The van der Waals surface area contributed by atoms with E-state index in [1.54, 1.807) is 18.0 Å². The Labute approximate surface area is 283 Å². The number of rotatable bonds is 16. The number of aromatic nitrogens is 2. The number of amides is 2. The number of hydrogen-bond donors (Lipinski definition) is 5. The SMILES string of the molecule is CCC(CC(S)S)C(CCOC(=O)NCCNc1cccc2c(N(C)C)cccc12)=C(C)N(C=O)Cc1cnc(C)nc1N.Cl. The van der Waals surface area contributed by atoms with Crippen molar-refractivity contribution in [2.45, 2.75) is 51.2 Å². The van der Waals surface area contributed by atoms with Gasteiger partial charge < -0.3 is 30.9 Å². The third-order valence-electron chi connectivity index (χ3n) is 7.56. The van der Waals surface area contributed by atoms with E-state index < -0.39 is 6.09 Å². The second-order valence-corrected chi connectivity index (χ2v) is 12.5. The molecule has 0 bridgehead atoms. The molecule has 1 unspecified atom stereocenters. The van der Waals surface area contributed by atoms with Gasteiger partial charge in [0.05, 0.1) is 13.2 Å². The van der Waals surface area contributed by atoms with Crippen molar-refractivity contribution in [2.24, 2.45) is 5.92 Å². The van der Waals surface area contributed by atoms with Crippen molar-refractivity contribution in [2.75, 3.05) is 49.7 Å². The largest absolute Gasteiger partial charge is 0.449 e. The van der Waals surface area contributed by atoms with Crippen LogP contribution >= 0.6 is 37.7 Å². The number of halogens is 1. The van der Waals surface area contributed by atoms with E-state index in [2.05, 4.69) is 75.9 Å². The summed E-state index contributed by atoms with van der Waals surface area (Å²) in [5, 5.41) is 8.51. The number of alkyl carbamates (subject to hydrolysis) is 1. The van der Waals surface area contributed by atoms with Crippen LogP contribution in [0.2, 0.25) is 0 Å². The number of ether oxygens (including phenoxy) is 1. The second-order valence-electron chi connectivity index (χ2n) is 10.8.